The summed E-state index contributed by atoms with van der Waals surface area (Å²) in [6.07, 6.45) is 2.72. The van der Waals surface area contributed by atoms with Crippen LogP contribution in [-0.4, -0.2) is 19.1 Å². The van der Waals surface area contributed by atoms with Crippen molar-refractivity contribution in [2.75, 3.05) is 18.0 Å². The highest BCUT2D eigenvalue weighted by molar-refractivity contribution is 5.50. The van der Waals surface area contributed by atoms with Crippen molar-refractivity contribution in [2.24, 2.45) is 5.41 Å². The van der Waals surface area contributed by atoms with Crippen LogP contribution in [0.4, 0.5) is 5.69 Å². The molecule has 92 valence electrons. The Bertz CT molecular complexity index is 382. The lowest BCUT2D eigenvalue weighted by Gasteiger charge is -2.47. The lowest BCUT2D eigenvalue weighted by Crippen LogP contribution is -2.53. The van der Waals surface area contributed by atoms with Crippen LogP contribution in [0, 0.1) is 5.41 Å². The van der Waals surface area contributed by atoms with Crippen LogP contribution in [0.25, 0.3) is 0 Å². The van der Waals surface area contributed by atoms with Gasteiger partial charge >= 0.3 is 0 Å². The molecule has 1 aromatic rings. The van der Waals surface area contributed by atoms with Gasteiger partial charge in [-0.2, -0.15) is 0 Å². The molecule has 0 unspecified atom stereocenters. The van der Waals surface area contributed by atoms with Gasteiger partial charge in [0.2, 0.25) is 0 Å². The molecule has 0 amide bonds. The molecule has 17 heavy (non-hydrogen) atoms. The van der Waals surface area contributed by atoms with Gasteiger partial charge in [-0.15, -0.1) is 0 Å². The van der Waals surface area contributed by atoms with Crippen molar-refractivity contribution in [3.8, 4) is 0 Å². The third kappa shape index (κ3) is 2.63. The second-order valence-corrected chi connectivity index (χ2v) is 6.34. The van der Waals surface area contributed by atoms with Crippen molar-refractivity contribution < 1.29 is 0 Å². The number of anilines is 1. The van der Waals surface area contributed by atoms with E-state index in [1.807, 2.05) is 0 Å². The zero-order valence-corrected chi connectivity index (χ0v) is 10.9. The second kappa shape index (κ2) is 4.02. The molecule has 1 saturated heterocycles. The molecular weight excluding hydrogens is 208 g/mol. The van der Waals surface area contributed by atoms with Crippen LogP contribution in [0.5, 0.6) is 0 Å². The van der Waals surface area contributed by atoms with Crippen LogP contribution < -0.4 is 10.2 Å². The van der Waals surface area contributed by atoms with E-state index < -0.39 is 0 Å². The molecule has 2 fully saturated rings. The molecule has 0 radical (unpaired) electrons. The molecule has 1 saturated carbocycles. The van der Waals surface area contributed by atoms with E-state index in [4.69, 9.17) is 0 Å². The van der Waals surface area contributed by atoms with Crippen molar-refractivity contribution >= 4 is 5.69 Å². The molecule has 3 rings (SSSR count). The van der Waals surface area contributed by atoms with E-state index in [1.54, 1.807) is 0 Å². The van der Waals surface area contributed by atoms with Crippen LogP contribution in [-0.2, 0) is 6.54 Å². The minimum absolute atomic E-state index is 0.506. The Balaban J connectivity index is 1.56. The first kappa shape index (κ1) is 11.1. The maximum absolute atomic E-state index is 3.55. The average Bonchev–Trinajstić information content (AvgIpc) is 3.07. The highest BCUT2D eigenvalue weighted by Crippen LogP contribution is 2.33. The van der Waals surface area contributed by atoms with Crippen LogP contribution in [0.2, 0.25) is 0 Å². The molecule has 2 aliphatic rings. The van der Waals surface area contributed by atoms with Crippen molar-refractivity contribution in [3.05, 3.63) is 29.8 Å². The van der Waals surface area contributed by atoms with Gasteiger partial charge < -0.3 is 10.2 Å². The summed E-state index contributed by atoms with van der Waals surface area (Å²) in [6.45, 7) is 8.06. The number of nitrogens with zero attached hydrogens (tertiary/aromatic N) is 1. The van der Waals surface area contributed by atoms with E-state index in [-0.39, 0.29) is 0 Å². The van der Waals surface area contributed by atoms with Crippen LogP contribution in [0.1, 0.15) is 32.3 Å². The number of hydrogen-bond donors (Lipinski definition) is 1. The monoisotopic (exact) mass is 230 g/mol. The Hall–Kier alpha value is -1.02. The molecule has 1 heterocycles. The molecule has 0 spiro atoms. The van der Waals surface area contributed by atoms with Gasteiger partial charge in [0, 0.05) is 31.4 Å². The Morgan fingerprint density at radius 1 is 1.18 bits per heavy atom. The minimum atomic E-state index is 0.506. The first-order valence-electron chi connectivity index (χ1n) is 6.70. The number of nitrogens with one attached hydrogen (secondary N) is 1. The largest absolute Gasteiger partial charge is 0.370 e. The van der Waals surface area contributed by atoms with E-state index >= 15 is 0 Å². The van der Waals surface area contributed by atoms with E-state index in [2.05, 4.69) is 48.3 Å². The van der Waals surface area contributed by atoms with Gasteiger partial charge in [0.25, 0.3) is 0 Å². The Morgan fingerprint density at radius 3 is 2.35 bits per heavy atom. The van der Waals surface area contributed by atoms with Crippen LogP contribution >= 0.6 is 0 Å². The summed E-state index contributed by atoms with van der Waals surface area (Å²) in [4.78, 5) is 2.46. The second-order valence-electron chi connectivity index (χ2n) is 6.34. The van der Waals surface area contributed by atoms with Gasteiger partial charge in [0.05, 0.1) is 0 Å². The summed E-state index contributed by atoms with van der Waals surface area (Å²) >= 11 is 0. The Kier molecular flexibility index (Phi) is 2.62. The maximum Gasteiger partial charge on any atom is 0.0366 e. The average molecular weight is 230 g/mol. The van der Waals surface area contributed by atoms with Gasteiger partial charge in [-0.1, -0.05) is 26.0 Å². The quantitative estimate of drug-likeness (QED) is 0.855. The lowest BCUT2D eigenvalue weighted by molar-refractivity contribution is 0.276. The molecule has 2 heteroatoms. The van der Waals surface area contributed by atoms with Gasteiger partial charge in [0.15, 0.2) is 0 Å². The minimum Gasteiger partial charge on any atom is -0.370 e. The molecular formula is C15H22N2. The number of benzene rings is 1. The van der Waals surface area contributed by atoms with Crippen molar-refractivity contribution in [1.82, 2.24) is 5.32 Å². The summed E-state index contributed by atoms with van der Waals surface area (Å²) in [5.41, 5.74) is 3.28. The van der Waals surface area contributed by atoms with Crippen LogP contribution in [0.15, 0.2) is 24.3 Å². The predicted molar refractivity (Wildman–Crippen MR) is 72.3 cm³/mol. The van der Waals surface area contributed by atoms with E-state index in [1.165, 1.54) is 37.2 Å². The molecule has 1 aliphatic carbocycles. The molecule has 2 nitrogen and oxygen atoms in total. The van der Waals surface area contributed by atoms with Gasteiger partial charge in [-0.3, -0.25) is 0 Å². The van der Waals surface area contributed by atoms with Gasteiger partial charge in [-0.25, -0.2) is 0 Å². The lowest BCUT2D eigenvalue weighted by atomic mass is 9.84. The molecule has 0 bridgehead atoms. The molecule has 1 aromatic carbocycles. The van der Waals surface area contributed by atoms with Crippen molar-refractivity contribution in [3.63, 3.8) is 0 Å². The fourth-order valence-corrected chi connectivity index (χ4v) is 2.54. The smallest absolute Gasteiger partial charge is 0.0366 e. The molecule has 0 atom stereocenters. The zero-order valence-electron chi connectivity index (χ0n) is 10.9. The summed E-state index contributed by atoms with van der Waals surface area (Å²) in [6, 6.07) is 9.84. The summed E-state index contributed by atoms with van der Waals surface area (Å²) in [5, 5.41) is 3.55. The SMILES string of the molecule is CC1(C)CN(c2ccc(CNC3CC3)cc2)C1. The standard InChI is InChI=1S/C15H22N2/c1-15(2)10-17(11-15)14-7-3-12(4-8-14)9-16-13-5-6-13/h3-4,7-8,13,16H,5-6,9-11H2,1-2H3. The van der Waals surface area contributed by atoms with Gasteiger partial charge in [-0.05, 0) is 36.0 Å². The Labute approximate surface area is 104 Å². The molecule has 0 aromatic heterocycles. The highest BCUT2D eigenvalue weighted by Gasteiger charge is 2.33. The summed E-state index contributed by atoms with van der Waals surface area (Å²) in [5.74, 6) is 0. The van der Waals surface area contributed by atoms with Crippen LogP contribution in [0.3, 0.4) is 0 Å². The Morgan fingerprint density at radius 2 is 1.82 bits per heavy atom. The van der Waals surface area contributed by atoms with E-state index in [9.17, 15) is 0 Å². The first-order valence-corrected chi connectivity index (χ1v) is 6.70. The highest BCUT2D eigenvalue weighted by atomic mass is 15.2. The fraction of sp³-hybridized carbons (Fsp3) is 0.600. The summed E-state index contributed by atoms with van der Waals surface area (Å²) in [7, 11) is 0. The predicted octanol–water partition coefficient (Wildman–Crippen LogP) is 2.78. The summed E-state index contributed by atoms with van der Waals surface area (Å²) < 4.78 is 0. The van der Waals surface area contributed by atoms with E-state index in [0.717, 1.165) is 12.6 Å². The van der Waals surface area contributed by atoms with Crippen molar-refractivity contribution in [2.45, 2.75) is 39.3 Å². The zero-order chi connectivity index (χ0) is 11.9. The topological polar surface area (TPSA) is 15.3 Å². The van der Waals surface area contributed by atoms with Gasteiger partial charge in [0.1, 0.15) is 0 Å². The number of rotatable bonds is 4. The van der Waals surface area contributed by atoms with E-state index in [0.29, 0.717) is 5.41 Å². The number of hydrogen-bond acceptors (Lipinski definition) is 2. The first-order chi connectivity index (χ1) is 8.12. The molecule has 1 aliphatic heterocycles. The van der Waals surface area contributed by atoms with Crippen molar-refractivity contribution in [1.29, 1.82) is 0 Å². The third-order valence-electron chi connectivity index (χ3n) is 3.71. The fourth-order valence-electron chi connectivity index (χ4n) is 2.54. The normalized spacial score (nSPS) is 22.4. The molecule has 1 N–H and O–H groups in total. The third-order valence-corrected chi connectivity index (χ3v) is 3.71. The maximum atomic E-state index is 3.55.